The van der Waals surface area contributed by atoms with Crippen molar-refractivity contribution in [3.8, 4) is 0 Å². The molecular formula is C12H8ClFN2O. The van der Waals surface area contributed by atoms with Crippen molar-refractivity contribution in [3.63, 3.8) is 0 Å². The minimum Gasteiger partial charge on any atom is -0.287 e. The molecule has 0 spiro atoms. The summed E-state index contributed by atoms with van der Waals surface area (Å²) in [5.41, 5.74) is 0.301. The van der Waals surface area contributed by atoms with Crippen LogP contribution in [0.3, 0.4) is 0 Å². The lowest BCUT2D eigenvalue weighted by Gasteiger charge is -2.03. The summed E-state index contributed by atoms with van der Waals surface area (Å²) in [6.07, 6.45) is 1.47. The summed E-state index contributed by atoms with van der Waals surface area (Å²) in [4.78, 5) is 19.9. The number of carbonyl (C=O) groups is 1. The number of nitrogens with zero attached hydrogens (tertiary/aromatic N) is 2. The van der Waals surface area contributed by atoms with Crippen LogP contribution in [0, 0.1) is 12.7 Å². The Morgan fingerprint density at radius 3 is 2.82 bits per heavy atom. The van der Waals surface area contributed by atoms with Gasteiger partial charge < -0.3 is 0 Å². The first-order valence-electron chi connectivity index (χ1n) is 4.87. The molecule has 0 saturated heterocycles. The van der Waals surface area contributed by atoms with Gasteiger partial charge in [0.15, 0.2) is 0 Å². The van der Waals surface area contributed by atoms with E-state index in [0.717, 1.165) is 6.07 Å². The maximum Gasteiger partial charge on any atom is 0.213 e. The monoisotopic (exact) mass is 250 g/mol. The molecule has 0 N–H and O–H groups in total. The van der Waals surface area contributed by atoms with Crippen LogP contribution in [0.2, 0.25) is 5.02 Å². The molecule has 0 fully saturated rings. The van der Waals surface area contributed by atoms with Crippen LogP contribution in [0.4, 0.5) is 4.39 Å². The molecule has 0 unspecified atom stereocenters. The van der Waals surface area contributed by atoms with E-state index < -0.39 is 11.6 Å². The van der Waals surface area contributed by atoms with Gasteiger partial charge in [0.2, 0.25) is 5.78 Å². The Morgan fingerprint density at radius 2 is 2.12 bits per heavy atom. The summed E-state index contributed by atoms with van der Waals surface area (Å²) < 4.78 is 13.1. The third-order valence-corrected chi connectivity index (χ3v) is 2.51. The number of benzene rings is 1. The van der Waals surface area contributed by atoms with E-state index in [0.29, 0.717) is 5.82 Å². The van der Waals surface area contributed by atoms with E-state index >= 15 is 0 Å². The molecule has 2 rings (SSSR count). The Hall–Kier alpha value is -1.81. The van der Waals surface area contributed by atoms with Gasteiger partial charge in [-0.3, -0.25) is 4.79 Å². The quantitative estimate of drug-likeness (QED) is 0.770. The third-order valence-electron chi connectivity index (χ3n) is 2.18. The zero-order chi connectivity index (χ0) is 12.4. The molecule has 17 heavy (non-hydrogen) atoms. The van der Waals surface area contributed by atoms with Gasteiger partial charge in [-0.15, -0.1) is 0 Å². The number of hydrogen-bond donors (Lipinski definition) is 0. The van der Waals surface area contributed by atoms with E-state index in [2.05, 4.69) is 9.97 Å². The maximum atomic E-state index is 13.1. The van der Waals surface area contributed by atoms with E-state index in [1.807, 2.05) is 0 Å². The Kier molecular flexibility index (Phi) is 3.15. The molecule has 1 aromatic carbocycles. The SMILES string of the molecule is Cc1nccc(C(=O)c2cc(F)ccc2Cl)n1. The third kappa shape index (κ3) is 2.47. The van der Waals surface area contributed by atoms with Crippen molar-refractivity contribution in [2.45, 2.75) is 6.92 Å². The van der Waals surface area contributed by atoms with Gasteiger partial charge >= 0.3 is 0 Å². The average Bonchev–Trinajstić information content (AvgIpc) is 2.31. The first kappa shape index (κ1) is 11.7. The van der Waals surface area contributed by atoms with Gasteiger partial charge in [0.25, 0.3) is 0 Å². The maximum absolute atomic E-state index is 13.1. The van der Waals surface area contributed by atoms with E-state index in [-0.39, 0.29) is 16.3 Å². The van der Waals surface area contributed by atoms with Crippen molar-refractivity contribution in [1.82, 2.24) is 9.97 Å². The first-order chi connectivity index (χ1) is 8.08. The van der Waals surface area contributed by atoms with Crippen LogP contribution in [-0.4, -0.2) is 15.8 Å². The second-order valence-corrected chi connectivity index (χ2v) is 3.85. The Balaban J connectivity index is 2.47. The smallest absolute Gasteiger partial charge is 0.213 e. The summed E-state index contributed by atoms with van der Waals surface area (Å²) >= 11 is 5.85. The van der Waals surface area contributed by atoms with E-state index in [1.165, 1.54) is 24.4 Å². The summed E-state index contributed by atoms with van der Waals surface area (Å²) in [6.45, 7) is 1.67. The van der Waals surface area contributed by atoms with Crippen LogP contribution < -0.4 is 0 Å². The molecule has 86 valence electrons. The fourth-order valence-electron chi connectivity index (χ4n) is 1.39. The molecule has 0 aliphatic rings. The number of rotatable bonds is 2. The lowest BCUT2D eigenvalue weighted by molar-refractivity contribution is 0.103. The molecule has 0 radical (unpaired) electrons. The number of aromatic nitrogens is 2. The van der Waals surface area contributed by atoms with E-state index in [9.17, 15) is 9.18 Å². The van der Waals surface area contributed by atoms with Crippen molar-refractivity contribution in [3.05, 3.63) is 58.4 Å². The summed E-state index contributed by atoms with van der Waals surface area (Å²) in [5, 5.41) is 0.202. The van der Waals surface area contributed by atoms with Gasteiger partial charge in [-0.05, 0) is 31.2 Å². The van der Waals surface area contributed by atoms with Crippen molar-refractivity contribution < 1.29 is 9.18 Å². The van der Waals surface area contributed by atoms with Crippen LogP contribution in [-0.2, 0) is 0 Å². The largest absolute Gasteiger partial charge is 0.287 e. The number of carbonyl (C=O) groups excluding carboxylic acids is 1. The van der Waals surface area contributed by atoms with Crippen LogP contribution >= 0.6 is 11.6 Å². The zero-order valence-electron chi connectivity index (χ0n) is 8.95. The molecular weight excluding hydrogens is 243 g/mol. The van der Waals surface area contributed by atoms with Gasteiger partial charge in [-0.25, -0.2) is 14.4 Å². The van der Waals surface area contributed by atoms with E-state index in [1.54, 1.807) is 6.92 Å². The van der Waals surface area contributed by atoms with E-state index in [4.69, 9.17) is 11.6 Å². The summed E-state index contributed by atoms with van der Waals surface area (Å²) in [6, 6.07) is 5.11. The van der Waals surface area contributed by atoms with Crippen molar-refractivity contribution in [2.24, 2.45) is 0 Å². The lowest BCUT2D eigenvalue weighted by atomic mass is 10.1. The van der Waals surface area contributed by atoms with Crippen molar-refractivity contribution in [1.29, 1.82) is 0 Å². The number of hydrogen-bond acceptors (Lipinski definition) is 3. The highest BCUT2D eigenvalue weighted by Gasteiger charge is 2.15. The molecule has 1 aromatic heterocycles. The highest BCUT2D eigenvalue weighted by atomic mass is 35.5. The fraction of sp³-hybridized carbons (Fsp3) is 0.0833. The Bertz CT molecular complexity index is 586. The minimum atomic E-state index is -0.511. The van der Waals surface area contributed by atoms with Gasteiger partial charge in [0, 0.05) is 11.8 Å². The molecule has 3 nitrogen and oxygen atoms in total. The van der Waals surface area contributed by atoms with Gasteiger partial charge in [0.1, 0.15) is 17.3 Å². The molecule has 5 heteroatoms. The topological polar surface area (TPSA) is 42.9 Å². The van der Waals surface area contributed by atoms with Gasteiger partial charge in [-0.1, -0.05) is 11.6 Å². The highest BCUT2D eigenvalue weighted by molar-refractivity contribution is 6.34. The van der Waals surface area contributed by atoms with Gasteiger partial charge in [0.05, 0.1) is 5.02 Å². The zero-order valence-corrected chi connectivity index (χ0v) is 9.70. The molecule has 0 amide bonds. The Labute approximate surface area is 102 Å². The number of aryl methyl sites for hydroxylation is 1. The van der Waals surface area contributed by atoms with Crippen LogP contribution in [0.5, 0.6) is 0 Å². The molecule has 0 bridgehead atoms. The normalized spacial score (nSPS) is 10.3. The van der Waals surface area contributed by atoms with Crippen molar-refractivity contribution in [2.75, 3.05) is 0 Å². The summed E-state index contributed by atoms with van der Waals surface area (Å²) in [5.74, 6) is -0.452. The van der Waals surface area contributed by atoms with Crippen LogP contribution in [0.1, 0.15) is 21.9 Å². The standard InChI is InChI=1S/C12H8ClFN2O/c1-7-15-5-4-11(16-7)12(17)9-6-8(14)2-3-10(9)13/h2-6H,1H3. The molecule has 0 aliphatic carbocycles. The second kappa shape index (κ2) is 4.59. The predicted octanol–water partition coefficient (Wildman–Crippen LogP) is 2.81. The second-order valence-electron chi connectivity index (χ2n) is 3.44. The lowest BCUT2D eigenvalue weighted by Crippen LogP contribution is -2.06. The van der Waals surface area contributed by atoms with Gasteiger partial charge in [-0.2, -0.15) is 0 Å². The Morgan fingerprint density at radius 1 is 1.35 bits per heavy atom. The molecule has 0 saturated carbocycles. The highest BCUT2D eigenvalue weighted by Crippen LogP contribution is 2.19. The molecule has 2 aromatic rings. The first-order valence-corrected chi connectivity index (χ1v) is 5.25. The van der Waals surface area contributed by atoms with Crippen molar-refractivity contribution >= 4 is 17.4 Å². The molecule has 1 heterocycles. The fourth-order valence-corrected chi connectivity index (χ4v) is 1.60. The summed E-state index contributed by atoms with van der Waals surface area (Å²) in [7, 11) is 0. The average molecular weight is 251 g/mol. The number of ketones is 1. The molecule has 0 aliphatic heterocycles. The van der Waals surface area contributed by atoms with Crippen LogP contribution in [0.25, 0.3) is 0 Å². The molecule has 0 atom stereocenters. The number of halogens is 2. The predicted molar refractivity (Wildman–Crippen MR) is 61.6 cm³/mol. The minimum absolute atomic E-state index is 0.102. The van der Waals surface area contributed by atoms with Crippen LogP contribution in [0.15, 0.2) is 30.5 Å².